The third kappa shape index (κ3) is 1.80. The van der Waals surface area contributed by atoms with Crippen LogP contribution in [0.1, 0.15) is 0 Å². The maximum Gasteiger partial charge on any atom is 0.237 e. The van der Waals surface area contributed by atoms with Crippen molar-refractivity contribution in [3.05, 3.63) is 36.9 Å². The van der Waals surface area contributed by atoms with Gasteiger partial charge in [-0.2, -0.15) is 4.98 Å². The number of nitrogen functional groups attached to an aromatic ring is 1. The van der Waals surface area contributed by atoms with Crippen molar-refractivity contribution in [2.75, 3.05) is 12.0 Å². The zero-order valence-corrected chi connectivity index (χ0v) is 10.6. The van der Waals surface area contributed by atoms with Gasteiger partial charge in [0, 0.05) is 22.7 Å². The second-order valence-corrected chi connectivity index (χ2v) is 4.64. The molecule has 2 N–H and O–H groups in total. The molecular weight excluding hydrogens is 246 g/mol. The van der Waals surface area contributed by atoms with E-state index >= 15 is 0 Å². The Kier molecular flexibility index (Phi) is 2.64. The lowest BCUT2D eigenvalue weighted by molar-refractivity contribution is 0.944. The number of nitrogens with two attached hydrogens (primary N) is 1. The summed E-state index contributed by atoms with van der Waals surface area (Å²) in [6, 6.07) is 5.99. The summed E-state index contributed by atoms with van der Waals surface area (Å²) in [5.74, 6) is 1.02. The molecule has 0 saturated heterocycles. The first kappa shape index (κ1) is 11.0. The minimum atomic E-state index is 0.486. The van der Waals surface area contributed by atoms with E-state index in [2.05, 4.69) is 15.0 Å². The van der Waals surface area contributed by atoms with Crippen LogP contribution in [-0.2, 0) is 0 Å². The van der Waals surface area contributed by atoms with Crippen LogP contribution < -0.4 is 5.73 Å². The molecule has 3 rings (SSSR count). The molecule has 0 saturated carbocycles. The SMILES string of the molecule is CSc1ccc2nc(-n3ccnc3)nc(N)c2c1. The summed E-state index contributed by atoms with van der Waals surface area (Å²) in [5, 5.41) is 0.880. The quantitative estimate of drug-likeness (QED) is 0.712. The minimum absolute atomic E-state index is 0.486. The van der Waals surface area contributed by atoms with Crippen molar-refractivity contribution < 1.29 is 0 Å². The number of aromatic nitrogens is 4. The average Bonchev–Trinajstić information content (AvgIpc) is 2.92. The zero-order chi connectivity index (χ0) is 12.5. The van der Waals surface area contributed by atoms with Gasteiger partial charge in [0.15, 0.2) is 0 Å². The van der Waals surface area contributed by atoms with Crippen LogP contribution in [0.25, 0.3) is 16.9 Å². The van der Waals surface area contributed by atoms with E-state index < -0.39 is 0 Å². The second-order valence-electron chi connectivity index (χ2n) is 3.76. The number of nitrogens with zero attached hydrogens (tertiary/aromatic N) is 4. The fraction of sp³-hybridized carbons (Fsp3) is 0.0833. The highest BCUT2D eigenvalue weighted by Gasteiger charge is 2.07. The lowest BCUT2D eigenvalue weighted by atomic mass is 10.2. The van der Waals surface area contributed by atoms with E-state index in [4.69, 9.17) is 5.73 Å². The molecular formula is C12H11N5S. The van der Waals surface area contributed by atoms with E-state index in [9.17, 15) is 0 Å². The van der Waals surface area contributed by atoms with E-state index in [1.54, 1.807) is 35.0 Å². The van der Waals surface area contributed by atoms with E-state index in [-0.39, 0.29) is 0 Å². The summed E-state index contributed by atoms with van der Waals surface area (Å²) in [4.78, 5) is 13.9. The average molecular weight is 257 g/mol. The molecule has 0 bridgehead atoms. The Bertz CT molecular complexity index is 693. The van der Waals surface area contributed by atoms with Crippen molar-refractivity contribution in [2.45, 2.75) is 4.90 Å². The molecule has 0 amide bonds. The summed E-state index contributed by atoms with van der Waals surface area (Å²) in [5.41, 5.74) is 6.83. The van der Waals surface area contributed by atoms with Crippen molar-refractivity contribution in [3.63, 3.8) is 0 Å². The second kappa shape index (κ2) is 4.30. The molecule has 0 spiro atoms. The number of benzene rings is 1. The van der Waals surface area contributed by atoms with Crippen LogP contribution in [0.2, 0.25) is 0 Å². The Morgan fingerprint density at radius 2 is 2.17 bits per heavy atom. The number of imidazole rings is 1. The highest BCUT2D eigenvalue weighted by molar-refractivity contribution is 7.98. The summed E-state index contributed by atoms with van der Waals surface area (Å²) in [7, 11) is 0. The van der Waals surface area contributed by atoms with Gasteiger partial charge in [-0.1, -0.05) is 0 Å². The van der Waals surface area contributed by atoms with Crippen LogP contribution in [0.4, 0.5) is 5.82 Å². The lowest BCUT2D eigenvalue weighted by Crippen LogP contribution is -2.03. The van der Waals surface area contributed by atoms with Gasteiger partial charge in [-0.3, -0.25) is 4.57 Å². The molecule has 0 atom stereocenters. The van der Waals surface area contributed by atoms with Gasteiger partial charge in [0.2, 0.25) is 5.95 Å². The van der Waals surface area contributed by atoms with Crippen molar-refractivity contribution in [3.8, 4) is 5.95 Å². The predicted molar refractivity (Wildman–Crippen MR) is 72.9 cm³/mol. The molecule has 0 radical (unpaired) electrons. The Balaban J connectivity index is 2.22. The van der Waals surface area contributed by atoms with Gasteiger partial charge in [-0.25, -0.2) is 9.97 Å². The molecule has 2 aromatic heterocycles. The lowest BCUT2D eigenvalue weighted by Gasteiger charge is -2.06. The monoisotopic (exact) mass is 257 g/mol. The highest BCUT2D eigenvalue weighted by atomic mass is 32.2. The van der Waals surface area contributed by atoms with Gasteiger partial charge < -0.3 is 5.73 Å². The number of rotatable bonds is 2. The van der Waals surface area contributed by atoms with E-state index in [1.807, 2.05) is 24.5 Å². The Morgan fingerprint density at radius 1 is 1.28 bits per heavy atom. The molecule has 5 nitrogen and oxygen atoms in total. The number of fused-ring (bicyclic) bond motifs is 1. The van der Waals surface area contributed by atoms with Crippen LogP contribution in [0.5, 0.6) is 0 Å². The first-order valence-electron chi connectivity index (χ1n) is 5.37. The number of hydrogen-bond donors (Lipinski definition) is 1. The summed E-state index contributed by atoms with van der Waals surface area (Å²) in [6.45, 7) is 0. The topological polar surface area (TPSA) is 69.6 Å². The number of anilines is 1. The van der Waals surface area contributed by atoms with Gasteiger partial charge >= 0.3 is 0 Å². The third-order valence-corrected chi connectivity index (χ3v) is 3.38. The summed E-state index contributed by atoms with van der Waals surface area (Å²) >= 11 is 1.67. The third-order valence-electron chi connectivity index (χ3n) is 2.66. The van der Waals surface area contributed by atoms with Crippen LogP contribution in [0.3, 0.4) is 0 Å². The molecule has 3 aromatic rings. The number of hydrogen-bond acceptors (Lipinski definition) is 5. The van der Waals surface area contributed by atoms with Crippen molar-refractivity contribution in [2.24, 2.45) is 0 Å². The fourth-order valence-electron chi connectivity index (χ4n) is 1.74. The molecule has 1 aromatic carbocycles. The molecule has 18 heavy (non-hydrogen) atoms. The molecule has 0 aliphatic carbocycles. The largest absolute Gasteiger partial charge is 0.383 e. The van der Waals surface area contributed by atoms with Crippen LogP contribution in [0.15, 0.2) is 41.8 Å². The molecule has 0 unspecified atom stereocenters. The molecule has 6 heteroatoms. The molecule has 2 heterocycles. The van der Waals surface area contributed by atoms with Gasteiger partial charge in [-0.15, -0.1) is 11.8 Å². The summed E-state index contributed by atoms with van der Waals surface area (Å²) in [6.07, 6.45) is 7.15. The maximum atomic E-state index is 5.99. The Morgan fingerprint density at radius 3 is 2.89 bits per heavy atom. The van der Waals surface area contributed by atoms with E-state index in [0.717, 1.165) is 15.8 Å². The van der Waals surface area contributed by atoms with Gasteiger partial charge in [0.1, 0.15) is 12.1 Å². The Hall–Kier alpha value is -2.08. The first-order chi connectivity index (χ1) is 8.78. The predicted octanol–water partition coefficient (Wildman–Crippen LogP) is 2.12. The molecule has 90 valence electrons. The Labute approximate surface area is 108 Å². The fourth-order valence-corrected chi connectivity index (χ4v) is 2.18. The van der Waals surface area contributed by atoms with Gasteiger partial charge in [0.25, 0.3) is 0 Å². The van der Waals surface area contributed by atoms with Crippen LogP contribution >= 0.6 is 11.8 Å². The van der Waals surface area contributed by atoms with Crippen molar-refractivity contribution in [1.82, 2.24) is 19.5 Å². The van der Waals surface area contributed by atoms with Crippen LogP contribution in [-0.4, -0.2) is 25.8 Å². The highest BCUT2D eigenvalue weighted by Crippen LogP contribution is 2.24. The molecule has 0 aliphatic heterocycles. The normalized spacial score (nSPS) is 10.9. The minimum Gasteiger partial charge on any atom is -0.383 e. The van der Waals surface area contributed by atoms with E-state index in [0.29, 0.717) is 11.8 Å². The maximum absolute atomic E-state index is 5.99. The zero-order valence-electron chi connectivity index (χ0n) is 9.74. The van der Waals surface area contributed by atoms with Gasteiger partial charge in [0.05, 0.1) is 5.52 Å². The smallest absolute Gasteiger partial charge is 0.237 e. The van der Waals surface area contributed by atoms with E-state index in [1.165, 1.54) is 0 Å². The summed E-state index contributed by atoms with van der Waals surface area (Å²) < 4.78 is 1.73. The van der Waals surface area contributed by atoms with Crippen LogP contribution in [0, 0.1) is 0 Å². The van der Waals surface area contributed by atoms with Crippen molar-refractivity contribution >= 4 is 28.5 Å². The molecule has 0 aliphatic rings. The molecule has 0 fully saturated rings. The van der Waals surface area contributed by atoms with Gasteiger partial charge in [-0.05, 0) is 24.5 Å². The number of thioether (sulfide) groups is 1. The standard InChI is InChI=1S/C12H11N5S/c1-18-8-2-3-10-9(6-8)11(13)16-12(15-10)17-5-4-14-7-17/h2-7H,1H3,(H2,13,15,16). The first-order valence-corrected chi connectivity index (χ1v) is 6.60. The van der Waals surface area contributed by atoms with Crippen molar-refractivity contribution in [1.29, 1.82) is 0 Å².